The summed E-state index contributed by atoms with van der Waals surface area (Å²) in [5.41, 5.74) is 3.78. The van der Waals surface area contributed by atoms with Crippen LogP contribution in [0, 0.1) is 0 Å². The average Bonchev–Trinajstić information content (AvgIpc) is 2.94. The lowest BCUT2D eigenvalue weighted by Crippen LogP contribution is -2.11. The van der Waals surface area contributed by atoms with Gasteiger partial charge < -0.3 is 5.32 Å². The Morgan fingerprint density at radius 2 is 2.11 bits per heavy atom. The van der Waals surface area contributed by atoms with Crippen LogP contribution in [0.3, 0.4) is 0 Å². The Hall–Kier alpha value is -1.14. The van der Waals surface area contributed by atoms with E-state index in [9.17, 15) is 4.79 Å². The van der Waals surface area contributed by atoms with Gasteiger partial charge in [0.2, 0.25) is 0 Å². The lowest BCUT2D eigenvalue weighted by atomic mass is 10.2. The van der Waals surface area contributed by atoms with Crippen molar-refractivity contribution in [2.45, 2.75) is 0 Å². The van der Waals surface area contributed by atoms with E-state index in [-0.39, 0.29) is 5.91 Å². The Kier molecular flexibility index (Phi) is 3.45. The van der Waals surface area contributed by atoms with E-state index in [1.807, 2.05) is 18.2 Å². The first-order valence-corrected chi connectivity index (χ1v) is 7.68. The minimum absolute atomic E-state index is 0.267. The molecule has 0 aliphatic rings. The van der Waals surface area contributed by atoms with Gasteiger partial charge in [-0.3, -0.25) is 4.79 Å². The van der Waals surface area contributed by atoms with Crippen LogP contribution in [-0.2, 0) is 0 Å². The monoisotopic (exact) mass is 328 g/mol. The Labute approximate surface area is 126 Å². The van der Waals surface area contributed by atoms with Crippen LogP contribution in [0.1, 0.15) is 10.4 Å². The number of benzene rings is 1. The number of fused-ring (bicyclic) bond motifs is 1. The second kappa shape index (κ2) is 5.09. The first-order chi connectivity index (χ1) is 9.13. The normalized spacial score (nSPS) is 10.8. The predicted molar refractivity (Wildman–Crippen MR) is 81.9 cm³/mol. The number of carbonyl (C=O) groups is 1. The van der Waals surface area contributed by atoms with Gasteiger partial charge in [0.1, 0.15) is 4.34 Å². The minimum atomic E-state index is -0.267. The van der Waals surface area contributed by atoms with E-state index < -0.39 is 0 Å². The summed E-state index contributed by atoms with van der Waals surface area (Å²) in [6, 6.07) is 7.12. The number of nitrogens with one attached hydrogen (secondary N) is 1. The van der Waals surface area contributed by atoms with E-state index in [1.165, 1.54) is 22.7 Å². The number of rotatable bonds is 2. The molecule has 19 heavy (non-hydrogen) atoms. The molecular weight excluding hydrogens is 323 g/mol. The molecule has 0 unspecified atom stereocenters. The van der Waals surface area contributed by atoms with Crippen LogP contribution in [0.25, 0.3) is 10.2 Å². The number of anilines is 1. The number of hydrogen-bond donors (Lipinski definition) is 1. The quantitative estimate of drug-likeness (QED) is 0.725. The van der Waals surface area contributed by atoms with Gasteiger partial charge in [-0.2, -0.15) is 0 Å². The zero-order valence-corrected chi connectivity index (χ0v) is 12.5. The van der Waals surface area contributed by atoms with Crippen LogP contribution in [0.5, 0.6) is 0 Å². The van der Waals surface area contributed by atoms with Crippen molar-refractivity contribution in [2.24, 2.45) is 0 Å². The molecule has 7 heteroatoms. The van der Waals surface area contributed by atoms with Crippen molar-refractivity contribution in [1.82, 2.24) is 4.98 Å². The highest BCUT2D eigenvalue weighted by atomic mass is 35.5. The minimum Gasteiger partial charge on any atom is -0.322 e. The van der Waals surface area contributed by atoms with E-state index in [1.54, 1.807) is 11.6 Å². The summed E-state index contributed by atoms with van der Waals surface area (Å²) in [5.74, 6) is -0.267. The summed E-state index contributed by atoms with van der Waals surface area (Å²) in [4.78, 5) is 16.2. The van der Waals surface area contributed by atoms with Crippen molar-refractivity contribution in [3.63, 3.8) is 0 Å². The number of halogens is 2. The Morgan fingerprint density at radius 1 is 1.26 bits per heavy atom. The molecule has 96 valence electrons. The summed E-state index contributed by atoms with van der Waals surface area (Å²) in [7, 11) is 0. The van der Waals surface area contributed by atoms with E-state index in [2.05, 4.69) is 10.3 Å². The lowest BCUT2D eigenvalue weighted by molar-refractivity contribution is 0.102. The fourth-order valence-electron chi connectivity index (χ4n) is 1.63. The molecule has 3 rings (SSSR count). The smallest absolute Gasteiger partial charge is 0.258 e. The number of amides is 1. The van der Waals surface area contributed by atoms with E-state index in [0.29, 0.717) is 19.9 Å². The highest BCUT2D eigenvalue weighted by Gasteiger charge is 2.14. The Bertz CT molecular complexity index is 766. The van der Waals surface area contributed by atoms with Crippen LogP contribution >= 0.6 is 45.9 Å². The zero-order valence-electron chi connectivity index (χ0n) is 9.31. The second-order valence-electron chi connectivity index (χ2n) is 3.73. The molecule has 0 atom stereocenters. The summed E-state index contributed by atoms with van der Waals surface area (Å²) in [6.07, 6.45) is 0. The maximum Gasteiger partial charge on any atom is 0.258 e. The topological polar surface area (TPSA) is 42.0 Å². The average molecular weight is 329 g/mol. The number of aromatic nitrogens is 1. The molecule has 0 spiro atoms. The standard InChI is InChI=1S/C12H6Cl2N2OS2/c13-10-4-7(11(14)19-10)12(17)16-6-1-2-8-9(3-6)18-5-15-8/h1-5H,(H,16,17). The predicted octanol–water partition coefficient (Wildman–Crippen LogP) is 4.92. The molecule has 1 aromatic carbocycles. The van der Waals surface area contributed by atoms with E-state index in [4.69, 9.17) is 23.2 Å². The van der Waals surface area contributed by atoms with Gasteiger partial charge in [-0.15, -0.1) is 22.7 Å². The Balaban J connectivity index is 1.88. The van der Waals surface area contributed by atoms with Crippen molar-refractivity contribution in [2.75, 3.05) is 5.32 Å². The third kappa shape index (κ3) is 2.60. The van der Waals surface area contributed by atoms with Gasteiger partial charge in [0, 0.05) is 5.69 Å². The number of hydrogen-bond acceptors (Lipinski definition) is 4. The van der Waals surface area contributed by atoms with Gasteiger partial charge in [0.05, 0.1) is 25.6 Å². The summed E-state index contributed by atoms with van der Waals surface area (Å²) >= 11 is 14.5. The molecule has 0 fully saturated rings. The van der Waals surface area contributed by atoms with E-state index in [0.717, 1.165) is 10.2 Å². The summed E-state index contributed by atoms with van der Waals surface area (Å²) in [5, 5.41) is 2.80. The fourth-order valence-corrected chi connectivity index (χ4v) is 3.80. The third-order valence-electron chi connectivity index (χ3n) is 2.49. The van der Waals surface area contributed by atoms with Gasteiger partial charge in [-0.25, -0.2) is 4.98 Å². The first kappa shape index (κ1) is 12.9. The van der Waals surface area contributed by atoms with Crippen LogP contribution in [0.15, 0.2) is 29.8 Å². The molecule has 0 aliphatic heterocycles. The maximum atomic E-state index is 12.1. The third-order valence-corrected chi connectivity index (χ3v) is 4.77. The highest BCUT2D eigenvalue weighted by Crippen LogP contribution is 2.32. The SMILES string of the molecule is O=C(Nc1ccc2ncsc2c1)c1cc(Cl)sc1Cl. The maximum absolute atomic E-state index is 12.1. The molecule has 0 saturated carbocycles. The summed E-state index contributed by atoms with van der Waals surface area (Å²) in [6.45, 7) is 0. The van der Waals surface area contributed by atoms with Crippen LogP contribution < -0.4 is 5.32 Å². The molecule has 0 bridgehead atoms. The fraction of sp³-hybridized carbons (Fsp3) is 0. The lowest BCUT2D eigenvalue weighted by Gasteiger charge is -2.03. The molecular formula is C12H6Cl2N2OS2. The van der Waals surface area contributed by atoms with Crippen LogP contribution in [0.2, 0.25) is 8.67 Å². The molecule has 1 amide bonds. The number of thiophene rings is 1. The molecule has 0 radical (unpaired) electrons. The van der Waals surface area contributed by atoms with Gasteiger partial charge in [-0.05, 0) is 24.3 Å². The molecule has 0 saturated heterocycles. The Morgan fingerprint density at radius 3 is 2.84 bits per heavy atom. The van der Waals surface area contributed by atoms with Crippen LogP contribution in [0.4, 0.5) is 5.69 Å². The molecule has 3 nitrogen and oxygen atoms in total. The van der Waals surface area contributed by atoms with Crippen molar-refractivity contribution in [1.29, 1.82) is 0 Å². The number of nitrogens with zero attached hydrogens (tertiary/aromatic N) is 1. The van der Waals surface area contributed by atoms with Gasteiger partial charge >= 0.3 is 0 Å². The molecule has 0 aliphatic carbocycles. The molecule has 3 aromatic rings. The van der Waals surface area contributed by atoms with E-state index >= 15 is 0 Å². The first-order valence-electron chi connectivity index (χ1n) is 5.23. The van der Waals surface area contributed by atoms with Crippen molar-refractivity contribution >= 4 is 67.7 Å². The van der Waals surface area contributed by atoms with Gasteiger partial charge in [0.25, 0.3) is 5.91 Å². The molecule has 2 aromatic heterocycles. The highest BCUT2D eigenvalue weighted by molar-refractivity contribution is 7.20. The summed E-state index contributed by atoms with van der Waals surface area (Å²) < 4.78 is 1.90. The molecule has 2 heterocycles. The largest absolute Gasteiger partial charge is 0.322 e. The van der Waals surface area contributed by atoms with Gasteiger partial charge in [-0.1, -0.05) is 23.2 Å². The second-order valence-corrected chi connectivity index (χ2v) is 6.90. The number of carbonyl (C=O) groups excluding carboxylic acids is 1. The van der Waals surface area contributed by atoms with Crippen molar-refractivity contribution < 1.29 is 4.79 Å². The molecule has 1 N–H and O–H groups in total. The van der Waals surface area contributed by atoms with Crippen molar-refractivity contribution in [3.8, 4) is 0 Å². The van der Waals surface area contributed by atoms with Crippen LogP contribution in [-0.4, -0.2) is 10.9 Å². The van der Waals surface area contributed by atoms with Gasteiger partial charge in [0.15, 0.2) is 0 Å². The number of thiazole rings is 1. The zero-order chi connectivity index (χ0) is 13.4. The van der Waals surface area contributed by atoms with Crippen molar-refractivity contribution in [3.05, 3.63) is 44.0 Å².